The predicted octanol–water partition coefficient (Wildman–Crippen LogP) is 0.750. The van der Waals surface area contributed by atoms with Gasteiger partial charge in [-0.1, -0.05) is 0 Å². The van der Waals surface area contributed by atoms with E-state index in [4.69, 9.17) is 14.9 Å². The Bertz CT molecular complexity index is 505. The largest absolute Gasteiger partial charge is 0.464 e. The van der Waals surface area contributed by atoms with E-state index < -0.39 is 15.6 Å². The molecular formula is C11H20N2O4S. The van der Waals surface area contributed by atoms with E-state index in [2.05, 4.69) is 4.72 Å². The van der Waals surface area contributed by atoms with Crippen LogP contribution in [0, 0.1) is 6.92 Å². The molecule has 104 valence electrons. The van der Waals surface area contributed by atoms with Gasteiger partial charge in [-0.25, -0.2) is 13.1 Å². The zero-order valence-corrected chi connectivity index (χ0v) is 11.9. The molecule has 18 heavy (non-hydrogen) atoms. The van der Waals surface area contributed by atoms with Gasteiger partial charge in [-0.3, -0.25) is 0 Å². The second-order valence-electron chi connectivity index (χ2n) is 4.76. The number of hydrogen-bond acceptors (Lipinski definition) is 5. The summed E-state index contributed by atoms with van der Waals surface area (Å²) in [6.45, 7) is 5.52. The minimum atomic E-state index is -3.64. The zero-order chi connectivity index (χ0) is 14.0. The monoisotopic (exact) mass is 276 g/mol. The number of rotatable bonds is 6. The van der Waals surface area contributed by atoms with Crippen LogP contribution in [0.1, 0.15) is 25.4 Å². The Morgan fingerprint density at radius 1 is 1.50 bits per heavy atom. The number of aryl methyl sites for hydroxylation is 1. The highest BCUT2D eigenvalue weighted by Gasteiger charge is 2.29. The Balaban J connectivity index is 3.03. The van der Waals surface area contributed by atoms with Gasteiger partial charge in [-0.05, 0) is 20.8 Å². The highest BCUT2D eigenvalue weighted by Crippen LogP contribution is 2.21. The molecule has 0 amide bonds. The van der Waals surface area contributed by atoms with Gasteiger partial charge in [0.05, 0.1) is 18.7 Å². The fraction of sp³-hybridized carbons (Fsp3) is 0.636. The standard InChI is InChI=1S/C11H20N2O4S/c1-8-10(5-9(6-12)17-8)18(14,15)13-11(2,3)7-16-4/h5,13H,6-7,12H2,1-4H3. The van der Waals surface area contributed by atoms with Crippen molar-refractivity contribution in [2.75, 3.05) is 13.7 Å². The Hall–Kier alpha value is -0.890. The molecule has 0 atom stereocenters. The lowest BCUT2D eigenvalue weighted by molar-refractivity contribution is 0.141. The first-order valence-corrected chi connectivity index (χ1v) is 7.02. The van der Waals surface area contributed by atoms with Crippen molar-refractivity contribution in [1.82, 2.24) is 4.72 Å². The molecule has 0 aliphatic carbocycles. The quantitative estimate of drug-likeness (QED) is 0.799. The lowest BCUT2D eigenvalue weighted by Crippen LogP contribution is -2.46. The minimum absolute atomic E-state index is 0.118. The summed E-state index contributed by atoms with van der Waals surface area (Å²) in [5.74, 6) is 0.772. The molecule has 0 radical (unpaired) electrons. The van der Waals surface area contributed by atoms with E-state index in [1.807, 2.05) is 0 Å². The number of ether oxygens (including phenoxy) is 1. The van der Waals surface area contributed by atoms with Gasteiger partial charge < -0.3 is 14.9 Å². The summed E-state index contributed by atoms with van der Waals surface area (Å²) in [5, 5.41) is 0. The average Bonchev–Trinajstić information content (AvgIpc) is 2.58. The van der Waals surface area contributed by atoms with E-state index in [-0.39, 0.29) is 18.0 Å². The molecule has 1 heterocycles. The molecule has 0 aliphatic heterocycles. The second-order valence-corrected chi connectivity index (χ2v) is 6.41. The number of sulfonamides is 1. The van der Waals surface area contributed by atoms with Crippen LogP contribution in [0.25, 0.3) is 0 Å². The lowest BCUT2D eigenvalue weighted by atomic mass is 10.1. The molecule has 0 saturated carbocycles. The maximum atomic E-state index is 12.2. The molecule has 0 spiro atoms. The van der Waals surface area contributed by atoms with Crippen molar-refractivity contribution >= 4 is 10.0 Å². The fourth-order valence-electron chi connectivity index (χ4n) is 1.70. The van der Waals surface area contributed by atoms with Crippen molar-refractivity contribution in [3.63, 3.8) is 0 Å². The average molecular weight is 276 g/mol. The molecule has 1 rings (SSSR count). The van der Waals surface area contributed by atoms with Crippen LogP contribution in [0.15, 0.2) is 15.4 Å². The molecule has 7 heteroatoms. The minimum Gasteiger partial charge on any atom is -0.464 e. The van der Waals surface area contributed by atoms with Crippen LogP contribution in [0.3, 0.4) is 0 Å². The normalized spacial score (nSPS) is 12.9. The summed E-state index contributed by atoms with van der Waals surface area (Å²) in [4.78, 5) is 0.118. The number of methoxy groups -OCH3 is 1. The predicted molar refractivity (Wildman–Crippen MR) is 67.6 cm³/mol. The molecule has 0 bridgehead atoms. The van der Waals surface area contributed by atoms with Crippen molar-refractivity contribution in [1.29, 1.82) is 0 Å². The first-order chi connectivity index (χ1) is 8.22. The molecule has 3 N–H and O–H groups in total. The Morgan fingerprint density at radius 3 is 2.56 bits per heavy atom. The molecule has 0 aromatic carbocycles. The van der Waals surface area contributed by atoms with Crippen molar-refractivity contribution in [2.45, 2.75) is 37.8 Å². The topological polar surface area (TPSA) is 94.6 Å². The van der Waals surface area contributed by atoms with Crippen molar-refractivity contribution < 1.29 is 17.6 Å². The molecule has 1 aromatic rings. The van der Waals surface area contributed by atoms with Gasteiger partial charge in [0.1, 0.15) is 16.4 Å². The lowest BCUT2D eigenvalue weighted by Gasteiger charge is -2.24. The smallest absolute Gasteiger partial charge is 0.244 e. The van der Waals surface area contributed by atoms with Gasteiger partial charge in [0.2, 0.25) is 10.0 Å². The van der Waals surface area contributed by atoms with Gasteiger partial charge >= 0.3 is 0 Å². The van der Waals surface area contributed by atoms with E-state index in [9.17, 15) is 8.42 Å². The second kappa shape index (κ2) is 5.40. The number of hydrogen-bond donors (Lipinski definition) is 2. The van der Waals surface area contributed by atoms with Crippen molar-refractivity contribution in [3.8, 4) is 0 Å². The molecule has 6 nitrogen and oxygen atoms in total. The van der Waals surface area contributed by atoms with E-state index in [0.717, 1.165) is 0 Å². The number of furan rings is 1. The third-order valence-electron chi connectivity index (χ3n) is 2.33. The SMILES string of the molecule is COCC(C)(C)NS(=O)(=O)c1cc(CN)oc1C. The first kappa shape index (κ1) is 15.2. The summed E-state index contributed by atoms with van der Waals surface area (Å²) < 4.78 is 37.2. The number of nitrogens with one attached hydrogen (secondary N) is 1. The Kier molecular flexibility index (Phi) is 4.55. The molecular weight excluding hydrogens is 256 g/mol. The molecule has 0 saturated heterocycles. The number of nitrogens with two attached hydrogens (primary N) is 1. The Morgan fingerprint density at radius 2 is 2.11 bits per heavy atom. The molecule has 0 aliphatic rings. The Labute approximate surface area is 108 Å². The summed E-state index contributed by atoms with van der Waals surface area (Å²) in [7, 11) is -2.12. The molecule has 1 aromatic heterocycles. The van der Waals surface area contributed by atoms with E-state index in [0.29, 0.717) is 11.5 Å². The van der Waals surface area contributed by atoms with E-state index >= 15 is 0 Å². The maximum Gasteiger partial charge on any atom is 0.244 e. The van der Waals surface area contributed by atoms with Gasteiger partial charge in [0.15, 0.2) is 0 Å². The van der Waals surface area contributed by atoms with Crippen LogP contribution in [0.5, 0.6) is 0 Å². The van der Waals surface area contributed by atoms with Crippen LogP contribution < -0.4 is 10.5 Å². The van der Waals surface area contributed by atoms with Crippen LogP contribution in [-0.4, -0.2) is 27.7 Å². The van der Waals surface area contributed by atoms with Gasteiger partial charge in [-0.15, -0.1) is 0 Å². The van der Waals surface area contributed by atoms with Gasteiger partial charge in [0.25, 0.3) is 0 Å². The summed E-state index contributed by atoms with van der Waals surface area (Å²) >= 11 is 0. The third-order valence-corrected chi connectivity index (χ3v) is 4.14. The summed E-state index contributed by atoms with van der Waals surface area (Å²) in [6.07, 6.45) is 0. The highest BCUT2D eigenvalue weighted by atomic mass is 32.2. The van der Waals surface area contributed by atoms with E-state index in [1.54, 1.807) is 20.8 Å². The maximum absolute atomic E-state index is 12.2. The van der Waals surface area contributed by atoms with Crippen LogP contribution in [-0.2, 0) is 21.3 Å². The van der Waals surface area contributed by atoms with Crippen LogP contribution in [0.2, 0.25) is 0 Å². The van der Waals surface area contributed by atoms with E-state index in [1.165, 1.54) is 13.2 Å². The van der Waals surface area contributed by atoms with Gasteiger partial charge in [-0.2, -0.15) is 0 Å². The fourth-order valence-corrected chi connectivity index (χ4v) is 3.30. The summed E-state index contributed by atoms with van der Waals surface area (Å²) in [5.41, 5.74) is 4.73. The van der Waals surface area contributed by atoms with Crippen molar-refractivity contribution in [3.05, 3.63) is 17.6 Å². The third kappa shape index (κ3) is 3.55. The first-order valence-electron chi connectivity index (χ1n) is 5.54. The van der Waals surface area contributed by atoms with Crippen LogP contribution >= 0.6 is 0 Å². The molecule has 0 fully saturated rings. The zero-order valence-electron chi connectivity index (χ0n) is 11.1. The van der Waals surface area contributed by atoms with Crippen molar-refractivity contribution in [2.24, 2.45) is 5.73 Å². The highest BCUT2D eigenvalue weighted by molar-refractivity contribution is 7.89. The van der Waals surface area contributed by atoms with Crippen LogP contribution in [0.4, 0.5) is 0 Å². The van der Waals surface area contributed by atoms with Gasteiger partial charge in [0, 0.05) is 13.2 Å². The summed E-state index contributed by atoms with van der Waals surface area (Å²) in [6, 6.07) is 1.44. The molecule has 0 unspecified atom stereocenters.